The van der Waals surface area contributed by atoms with Gasteiger partial charge < -0.3 is 5.32 Å². The van der Waals surface area contributed by atoms with E-state index in [1.54, 1.807) is 35.7 Å². The highest BCUT2D eigenvalue weighted by Gasteiger charge is 2.31. The second-order valence-electron chi connectivity index (χ2n) is 4.93. The van der Waals surface area contributed by atoms with Crippen LogP contribution in [0.1, 0.15) is 20.5 Å². The number of hydrogen-bond acceptors (Lipinski definition) is 6. The first-order chi connectivity index (χ1) is 11.6. The van der Waals surface area contributed by atoms with E-state index in [1.165, 1.54) is 35.1 Å². The van der Waals surface area contributed by atoms with Crippen molar-refractivity contribution in [3.8, 4) is 0 Å². The first kappa shape index (κ1) is 16.8. The second kappa shape index (κ2) is 7.25. The van der Waals surface area contributed by atoms with Crippen molar-refractivity contribution in [3.05, 3.63) is 70.0 Å². The Morgan fingerprint density at radius 2 is 1.79 bits per heavy atom. The van der Waals surface area contributed by atoms with Crippen LogP contribution in [0.2, 0.25) is 0 Å². The molecule has 1 N–H and O–H groups in total. The van der Waals surface area contributed by atoms with E-state index in [2.05, 4.69) is 10.3 Å². The molecule has 1 unspecified atom stereocenters. The summed E-state index contributed by atoms with van der Waals surface area (Å²) in [6.45, 7) is 0.0158. The van der Waals surface area contributed by atoms with Crippen LogP contribution in [0.5, 0.6) is 0 Å². The smallest absolute Gasteiger partial charge is 0.251 e. The number of pyridine rings is 1. The molecule has 0 bridgehead atoms. The summed E-state index contributed by atoms with van der Waals surface area (Å²) in [5, 5.41) is 5.48. The molecule has 3 heterocycles. The maximum absolute atomic E-state index is 12.9. The Hall–Kier alpha value is -2.03. The van der Waals surface area contributed by atoms with Gasteiger partial charge in [0.15, 0.2) is 9.84 Å². The van der Waals surface area contributed by atoms with Crippen molar-refractivity contribution in [2.45, 2.75) is 9.46 Å². The Bertz CT molecular complexity index is 889. The van der Waals surface area contributed by atoms with E-state index >= 15 is 0 Å². The van der Waals surface area contributed by atoms with E-state index in [-0.39, 0.29) is 12.5 Å². The molecule has 0 aliphatic heterocycles. The van der Waals surface area contributed by atoms with E-state index < -0.39 is 15.1 Å². The van der Waals surface area contributed by atoms with E-state index in [1.807, 2.05) is 11.4 Å². The van der Waals surface area contributed by atoms with Crippen molar-refractivity contribution in [1.29, 1.82) is 0 Å². The van der Waals surface area contributed by atoms with E-state index in [9.17, 15) is 13.2 Å². The summed E-state index contributed by atoms with van der Waals surface area (Å²) in [4.78, 5) is 16.8. The van der Waals surface area contributed by atoms with Crippen LogP contribution in [0.25, 0.3) is 0 Å². The van der Waals surface area contributed by atoms with Crippen LogP contribution in [0, 0.1) is 0 Å². The fraction of sp³-hybridized carbons (Fsp3) is 0.125. The highest BCUT2D eigenvalue weighted by Crippen LogP contribution is 2.33. The van der Waals surface area contributed by atoms with Gasteiger partial charge in [-0.05, 0) is 35.0 Å². The number of thiophene rings is 2. The standard InChI is InChI=1S/C16H14N2O3S3/c19-16(12-5-7-17-8-6-12)18-11-14(13-3-1-9-22-13)24(20,21)15-4-2-10-23-15/h1-10,14H,11H2,(H,18,19). The number of hydrogen-bond donors (Lipinski definition) is 1. The van der Waals surface area contributed by atoms with Crippen molar-refractivity contribution in [3.63, 3.8) is 0 Å². The largest absolute Gasteiger partial charge is 0.350 e. The lowest BCUT2D eigenvalue weighted by atomic mass is 10.2. The fourth-order valence-corrected chi connectivity index (χ4v) is 6.18. The minimum absolute atomic E-state index is 0.0158. The number of carbonyl (C=O) groups is 1. The average Bonchev–Trinajstić information content (AvgIpc) is 3.29. The molecule has 3 rings (SSSR count). The van der Waals surface area contributed by atoms with E-state index in [4.69, 9.17) is 0 Å². The Morgan fingerprint density at radius 1 is 1.08 bits per heavy atom. The van der Waals surface area contributed by atoms with E-state index in [0.717, 1.165) is 0 Å². The van der Waals surface area contributed by atoms with Gasteiger partial charge >= 0.3 is 0 Å². The Morgan fingerprint density at radius 3 is 2.42 bits per heavy atom. The van der Waals surface area contributed by atoms with Gasteiger partial charge in [0.2, 0.25) is 0 Å². The van der Waals surface area contributed by atoms with Gasteiger partial charge in [-0.1, -0.05) is 12.1 Å². The van der Waals surface area contributed by atoms with Crippen molar-refractivity contribution in [2.75, 3.05) is 6.54 Å². The number of amides is 1. The highest BCUT2D eigenvalue weighted by atomic mass is 32.2. The molecule has 0 spiro atoms. The summed E-state index contributed by atoms with van der Waals surface area (Å²) in [7, 11) is -3.56. The number of rotatable bonds is 6. The molecular weight excluding hydrogens is 364 g/mol. The zero-order valence-electron chi connectivity index (χ0n) is 12.5. The number of sulfone groups is 1. The van der Waals surface area contributed by atoms with Crippen molar-refractivity contribution >= 4 is 38.4 Å². The normalized spacial score (nSPS) is 12.7. The lowest BCUT2D eigenvalue weighted by Crippen LogP contribution is -2.31. The topological polar surface area (TPSA) is 76.1 Å². The molecule has 0 radical (unpaired) electrons. The molecule has 5 nitrogen and oxygen atoms in total. The number of aromatic nitrogens is 1. The molecule has 0 fully saturated rings. The molecule has 1 amide bonds. The van der Waals surface area contributed by atoms with Crippen LogP contribution >= 0.6 is 22.7 Å². The second-order valence-corrected chi connectivity index (χ2v) is 9.21. The minimum atomic E-state index is -3.56. The molecule has 8 heteroatoms. The van der Waals surface area contributed by atoms with Gasteiger partial charge in [-0.15, -0.1) is 22.7 Å². The third kappa shape index (κ3) is 3.55. The third-order valence-corrected chi connectivity index (χ3v) is 8.05. The number of nitrogens with zero attached hydrogens (tertiary/aromatic N) is 1. The summed E-state index contributed by atoms with van der Waals surface area (Å²) < 4.78 is 26.1. The van der Waals surface area contributed by atoms with Crippen LogP contribution in [-0.2, 0) is 9.84 Å². The number of carbonyl (C=O) groups excluding carboxylic acids is 1. The van der Waals surface area contributed by atoms with Gasteiger partial charge in [-0.25, -0.2) is 8.42 Å². The van der Waals surface area contributed by atoms with Crippen LogP contribution < -0.4 is 5.32 Å². The van der Waals surface area contributed by atoms with Gasteiger partial charge in [-0.2, -0.15) is 0 Å². The van der Waals surface area contributed by atoms with Gasteiger partial charge in [0, 0.05) is 29.4 Å². The summed E-state index contributed by atoms with van der Waals surface area (Å²) in [5.41, 5.74) is 0.448. The zero-order valence-corrected chi connectivity index (χ0v) is 14.9. The Kier molecular flexibility index (Phi) is 5.08. The van der Waals surface area contributed by atoms with Crippen LogP contribution in [0.15, 0.2) is 63.8 Å². The summed E-state index contributed by atoms with van der Waals surface area (Å²) >= 11 is 2.55. The highest BCUT2D eigenvalue weighted by molar-refractivity contribution is 7.93. The average molecular weight is 378 g/mol. The minimum Gasteiger partial charge on any atom is -0.350 e. The molecule has 0 aromatic carbocycles. The molecule has 3 aromatic rings. The lowest BCUT2D eigenvalue weighted by molar-refractivity contribution is 0.0953. The molecule has 1 atom stereocenters. The van der Waals surface area contributed by atoms with Crippen LogP contribution in [-0.4, -0.2) is 25.9 Å². The van der Waals surface area contributed by atoms with Crippen molar-refractivity contribution in [2.24, 2.45) is 0 Å². The maximum Gasteiger partial charge on any atom is 0.251 e. The van der Waals surface area contributed by atoms with Gasteiger partial charge in [0.25, 0.3) is 5.91 Å². The molecule has 0 saturated carbocycles. The monoisotopic (exact) mass is 378 g/mol. The molecule has 0 aliphatic carbocycles. The van der Waals surface area contributed by atoms with Gasteiger partial charge in [0.05, 0.1) is 0 Å². The first-order valence-corrected chi connectivity index (χ1v) is 10.4. The third-order valence-electron chi connectivity index (χ3n) is 3.40. The fourth-order valence-electron chi connectivity index (χ4n) is 2.19. The van der Waals surface area contributed by atoms with Crippen molar-refractivity contribution < 1.29 is 13.2 Å². The predicted octanol–water partition coefficient (Wildman–Crippen LogP) is 3.15. The SMILES string of the molecule is O=C(NCC(c1cccs1)S(=O)(=O)c1cccs1)c1ccncc1. The molecule has 0 aliphatic rings. The summed E-state index contributed by atoms with van der Waals surface area (Å²) in [6, 6.07) is 10.1. The summed E-state index contributed by atoms with van der Waals surface area (Å²) in [6.07, 6.45) is 3.04. The molecule has 0 saturated heterocycles. The molecular formula is C16H14N2O3S3. The summed E-state index contributed by atoms with van der Waals surface area (Å²) in [5.74, 6) is -0.319. The van der Waals surface area contributed by atoms with Crippen LogP contribution in [0.4, 0.5) is 0 Å². The molecule has 24 heavy (non-hydrogen) atoms. The lowest BCUT2D eigenvalue weighted by Gasteiger charge is -2.16. The Balaban J connectivity index is 1.83. The van der Waals surface area contributed by atoms with Gasteiger partial charge in [0.1, 0.15) is 9.46 Å². The predicted molar refractivity (Wildman–Crippen MR) is 95.1 cm³/mol. The maximum atomic E-state index is 12.9. The molecule has 3 aromatic heterocycles. The quantitative estimate of drug-likeness (QED) is 0.715. The first-order valence-electron chi connectivity index (χ1n) is 7.08. The Labute approximate surface area is 147 Å². The van der Waals surface area contributed by atoms with Crippen LogP contribution in [0.3, 0.4) is 0 Å². The van der Waals surface area contributed by atoms with Crippen molar-refractivity contribution in [1.82, 2.24) is 10.3 Å². The molecule has 124 valence electrons. The van der Waals surface area contributed by atoms with E-state index in [0.29, 0.717) is 14.6 Å². The number of nitrogens with one attached hydrogen (secondary N) is 1. The van der Waals surface area contributed by atoms with Gasteiger partial charge in [-0.3, -0.25) is 9.78 Å². The zero-order chi connectivity index (χ0) is 17.0.